The summed E-state index contributed by atoms with van der Waals surface area (Å²) in [5, 5.41) is 1.94. The van der Waals surface area contributed by atoms with Gasteiger partial charge in [-0.3, -0.25) is 0 Å². The summed E-state index contributed by atoms with van der Waals surface area (Å²) in [4.78, 5) is 17.1. The molecule has 0 bridgehead atoms. The van der Waals surface area contributed by atoms with Gasteiger partial charge in [-0.15, -0.1) is 11.3 Å². The number of cyclic esters (lactones) is 1. The normalized spacial score (nSPS) is 16.0. The Morgan fingerprint density at radius 3 is 2.95 bits per heavy atom. The molecular weight excluding hydrogens is 354 g/mol. The van der Waals surface area contributed by atoms with Crippen molar-refractivity contribution in [1.29, 1.82) is 0 Å². The van der Waals surface area contributed by atoms with Crippen LogP contribution in [0.1, 0.15) is 10.4 Å². The summed E-state index contributed by atoms with van der Waals surface area (Å²) < 4.78 is 11.3. The zero-order valence-electron chi connectivity index (χ0n) is 11.0. The largest absolute Gasteiger partial charge is 0.497 e. The van der Waals surface area contributed by atoms with Crippen molar-refractivity contribution in [3.63, 3.8) is 0 Å². The molecule has 3 rings (SSSR count). The molecule has 0 amide bonds. The Hall–Kier alpha value is -1.92. The molecule has 0 aliphatic carbocycles. The Morgan fingerprint density at radius 2 is 2.24 bits per heavy atom. The molecule has 1 aromatic heterocycles. The number of carbonyl (C=O) groups excluding carboxylic acids is 1. The molecule has 0 unspecified atom stereocenters. The quantitative estimate of drug-likeness (QED) is 0.614. The fraction of sp³-hybridized carbons (Fsp3) is 0.0667. The Kier molecular flexibility index (Phi) is 3.90. The Balaban J connectivity index is 1.93. The smallest absolute Gasteiger partial charge is 0.363 e. The van der Waals surface area contributed by atoms with Crippen LogP contribution in [0.15, 0.2) is 50.9 Å². The minimum absolute atomic E-state index is 0.292. The van der Waals surface area contributed by atoms with Crippen LogP contribution in [0.25, 0.3) is 6.08 Å². The number of carbonyl (C=O) groups is 1. The molecule has 0 fully saturated rings. The van der Waals surface area contributed by atoms with Crippen LogP contribution in [0, 0.1) is 0 Å². The highest BCUT2D eigenvalue weighted by molar-refractivity contribution is 9.10. The van der Waals surface area contributed by atoms with Crippen molar-refractivity contribution in [2.75, 3.05) is 7.11 Å². The summed E-state index contributed by atoms with van der Waals surface area (Å²) in [7, 11) is 1.58. The topological polar surface area (TPSA) is 47.9 Å². The van der Waals surface area contributed by atoms with Crippen LogP contribution in [-0.4, -0.2) is 19.0 Å². The van der Waals surface area contributed by atoms with Crippen molar-refractivity contribution in [3.8, 4) is 5.75 Å². The maximum Gasteiger partial charge on any atom is 0.363 e. The second-order valence-corrected chi connectivity index (χ2v) is 6.09. The molecule has 21 heavy (non-hydrogen) atoms. The lowest BCUT2D eigenvalue weighted by Gasteiger charge is -2.02. The summed E-state index contributed by atoms with van der Waals surface area (Å²) in [5.74, 6) is 0.531. The molecule has 0 spiro atoms. The van der Waals surface area contributed by atoms with Crippen LogP contribution in [0.3, 0.4) is 0 Å². The van der Waals surface area contributed by atoms with Crippen LogP contribution in [0.4, 0.5) is 0 Å². The molecule has 0 radical (unpaired) electrons. The molecule has 1 aromatic carbocycles. The van der Waals surface area contributed by atoms with Gasteiger partial charge in [-0.25, -0.2) is 9.79 Å². The fourth-order valence-electron chi connectivity index (χ4n) is 1.83. The number of methoxy groups -OCH3 is 1. The maximum atomic E-state index is 11.9. The predicted molar refractivity (Wildman–Crippen MR) is 85.6 cm³/mol. The molecule has 106 valence electrons. The lowest BCUT2D eigenvalue weighted by Crippen LogP contribution is -2.05. The number of hydrogen-bond acceptors (Lipinski definition) is 5. The molecule has 2 heterocycles. The minimum atomic E-state index is -0.447. The van der Waals surface area contributed by atoms with Crippen molar-refractivity contribution in [2.45, 2.75) is 0 Å². The van der Waals surface area contributed by atoms with Crippen molar-refractivity contribution < 1.29 is 14.3 Å². The van der Waals surface area contributed by atoms with E-state index in [-0.39, 0.29) is 0 Å². The van der Waals surface area contributed by atoms with Gasteiger partial charge in [0.2, 0.25) is 5.90 Å². The van der Waals surface area contributed by atoms with E-state index in [1.165, 1.54) is 11.3 Å². The Labute approximate surface area is 133 Å². The monoisotopic (exact) mass is 363 g/mol. The first-order valence-corrected chi connectivity index (χ1v) is 7.74. The van der Waals surface area contributed by atoms with E-state index < -0.39 is 5.97 Å². The van der Waals surface area contributed by atoms with Gasteiger partial charge in [0, 0.05) is 20.3 Å². The average molecular weight is 364 g/mol. The number of aliphatic imine (C=N–C) groups is 1. The molecule has 0 saturated carbocycles. The van der Waals surface area contributed by atoms with Crippen LogP contribution in [0.5, 0.6) is 5.75 Å². The van der Waals surface area contributed by atoms with Crippen LogP contribution >= 0.6 is 27.3 Å². The highest BCUT2D eigenvalue weighted by Gasteiger charge is 2.24. The van der Waals surface area contributed by atoms with Crippen LogP contribution in [-0.2, 0) is 9.53 Å². The third-order valence-corrected chi connectivity index (χ3v) is 4.44. The van der Waals surface area contributed by atoms with E-state index >= 15 is 0 Å². The van der Waals surface area contributed by atoms with E-state index in [1.807, 2.05) is 29.6 Å². The lowest BCUT2D eigenvalue weighted by molar-refractivity contribution is -0.129. The zero-order chi connectivity index (χ0) is 14.8. The third-order valence-electron chi connectivity index (χ3n) is 2.80. The minimum Gasteiger partial charge on any atom is -0.497 e. The number of halogens is 1. The number of ether oxygens (including phenoxy) is 2. The standard InChI is InChI=1S/C15H10BrNO3S/c1-19-11-4-2-3-9(5-11)14-17-13(15(18)20-14)7-12-6-10(16)8-21-12/h2-8H,1H3/b13-7-. The summed E-state index contributed by atoms with van der Waals surface area (Å²) in [6.07, 6.45) is 1.71. The van der Waals surface area contributed by atoms with Gasteiger partial charge < -0.3 is 9.47 Å². The SMILES string of the molecule is COc1cccc(C2=N/C(=C\c3cc(Br)cs3)C(=O)O2)c1. The molecule has 1 aliphatic heterocycles. The molecule has 2 aromatic rings. The van der Waals surface area contributed by atoms with Gasteiger partial charge in [-0.2, -0.15) is 0 Å². The van der Waals surface area contributed by atoms with Gasteiger partial charge in [0.25, 0.3) is 0 Å². The summed E-state index contributed by atoms with van der Waals surface area (Å²) >= 11 is 4.90. The Bertz CT molecular complexity index is 764. The molecule has 0 atom stereocenters. The zero-order valence-corrected chi connectivity index (χ0v) is 13.4. The van der Waals surface area contributed by atoms with E-state index in [9.17, 15) is 4.79 Å². The molecule has 1 aliphatic rings. The molecule has 0 saturated heterocycles. The molecule has 0 N–H and O–H groups in total. The van der Waals surface area contributed by atoms with Gasteiger partial charge in [-0.05, 0) is 46.3 Å². The van der Waals surface area contributed by atoms with Gasteiger partial charge in [0.05, 0.1) is 7.11 Å². The fourth-order valence-corrected chi connectivity index (χ4v) is 3.20. The summed E-state index contributed by atoms with van der Waals surface area (Å²) in [6.45, 7) is 0. The number of esters is 1. The maximum absolute atomic E-state index is 11.9. The summed E-state index contributed by atoms with van der Waals surface area (Å²) in [5.41, 5.74) is 1.00. The van der Waals surface area contributed by atoms with E-state index in [0.29, 0.717) is 22.9 Å². The van der Waals surface area contributed by atoms with Gasteiger partial charge in [0.15, 0.2) is 5.70 Å². The molecule has 6 heteroatoms. The molecular formula is C15H10BrNO3S. The number of rotatable bonds is 3. The first-order valence-electron chi connectivity index (χ1n) is 6.07. The third kappa shape index (κ3) is 3.06. The second kappa shape index (κ2) is 5.83. The van der Waals surface area contributed by atoms with E-state index in [1.54, 1.807) is 19.3 Å². The highest BCUT2D eigenvalue weighted by atomic mass is 79.9. The number of benzene rings is 1. The van der Waals surface area contributed by atoms with E-state index in [2.05, 4.69) is 20.9 Å². The van der Waals surface area contributed by atoms with Crippen molar-refractivity contribution in [1.82, 2.24) is 0 Å². The van der Waals surface area contributed by atoms with Gasteiger partial charge >= 0.3 is 5.97 Å². The van der Waals surface area contributed by atoms with E-state index in [0.717, 1.165) is 9.35 Å². The van der Waals surface area contributed by atoms with Crippen molar-refractivity contribution in [2.24, 2.45) is 4.99 Å². The first-order chi connectivity index (χ1) is 10.2. The number of thiophene rings is 1. The van der Waals surface area contributed by atoms with Crippen molar-refractivity contribution in [3.05, 3.63) is 56.3 Å². The van der Waals surface area contributed by atoms with Gasteiger partial charge in [-0.1, -0.05) is 6.07 Å². The highest BCUT2D eigenvalue weighted by Crippen LogP contribution is 2.25. The lowest BCUT2D eigenvalue weighted by atomic mass is 10.2. The predicted octanol–water partition coefficient (Wildman–Crippen LogP) is 3.86. The molecule has 4 nitrogen and oxygen atoms in total. The van der Waals surface area contributed by atoms with E-state index in [4.69, 9.17) is 9.47 Å². The Morgan fingerprint density at radius 1 is 1.38 bits per heavy atom. The number of nitrogens with zero attached hydrogens (tertiary/aromatic N) is 1. The summed E-state index contributed by atoms with van der Waals surface area (Å²) in [6, 6.07) is 9.16. The van der Waals surface area contributed by atoms with Crippen LogP contribution in [0.2, 0.25) is 0 Å². The van der Waals surface area contributed by atoms with Crippen LogP contribution < -0.4 is 4.74 Å². The second-order valence-electron chi connectivity index (χ2n) is 4.24. The average Bonchev–Trinajstić information content (AvgIpc) is 3.06. The van der Waals surface area contributed by atoms with Crippen molar-refractivity contribution >= 4 is 45.2 Å². The van der Waals surface area contributed by atoms with Gasteiger partial charge in [0.1, 0.15) is 5.75 Å². The number of hydrogen-bond donors (Lipinski definition) is 0. The first kappa shape index (κ1) is 14.0.